The highest BCUT2D eigenvalue weighted by molar-refractivity contribution is 8.00. The molecule has 0 bridgehead atoms. The van der Waals surface area contributed by atoms with Crippen LogP contribution in [0.3, 0.4) is 0 Å². The predicted octanol–water partition coefficient (Wildman–Crippen LogP) is 2.61. The number of aromatic nitrogens is 3. The maximum absolute atomic E-state index is 11.5. The highest BCUT2D eigenvalue weighted by Crippen LogP contribution is 2.22. The van der Waals surface area contributed by atoms with Crippen molar-refractivity contribution in [2.24, 2.45) is 7.05 Å². The van der Waals surface area contributed by atoms with E-state index in [9.17, 15) is 4.79 Å². The fourth-order valence-electron chi connectivity index (χ4n) is 1.91. The van der Waals surface area contributed by atoms with E-state index in [2.05, 4.69) is 17.1 Å². The first-order valence-corrected chi connectivity index (χ1v) is 8.27. The van der Waals surface area contributed by atoms with Crippen LogP contribution < -0.4 is 4.74 Å². The Balaban J connectivity index is 1.97. The number of aryl methyl sites for hydroxylation is 1. The van der Waals surface area contributed by atoms with Crippen molar-refractivity contribution in [2.75, 3.05) is 7.11 Å². The molecule has 2 rings (SSSR count). The van der Waals surface area contributed by atoms with E-state index in [0.29, 0.717) is 17.6 Å². The molecule has 0 aliphatic carbocycles. The number of rotatable bonds is 7. The van der Waals surface area contributed by atoms with Crippen LogP contribution in [0.1, 0.15) is 25.2 Å². The first-order valence-electron chi connectivity index (χ1n) is 7.39. The van der Waals surface area contributed by atoms with Crippen molar-refractivity contribution in [1.82, 2.24) is 14.8 Å². The Morgan fingerprint density at radius 2 is 2.00 bits per heavy atom. The lowest BCUT2D eigenvalue weighted by Crippen LogP contribution is -2.15. The van der Waals surface area contributed by atoms with Crippen molar-refractivity contribution in [2.45, 2.75) is 37.3 Å². The third-order valence-electron chi connectivity index (χ3n) is 3.44. The number of esters is 1. The van der Waals surface area contributed by atoms with Crippen molar-refractivity contribution >= 4 is 17.7 Å². The topological polar surface area (TPSA) is 66.2 Å². The van der Waals surface area contributed by atoms with Crippen LogP contribution in [0.4, 0.5) is 0 Å². The summed E-state index contributed by atoms with van der Waals surface area (Å²) in [5, 5.41) is 8.54. The zero-order chi connectivity index (χ0) is 16.8. The molecule has 0 unspecified atom stereocenters. The normalized spacial score (nSPS) is 12.0. The molecule has 1 heterocycles. The van der Waals surface area contributed by atoms with Gasteiger partial charge >= 0.3 is 5.97 Å². The van der Waals surface area contributed by atoms with Crippen LogP contribution in [0.25, 0.3) is 0 Å². The summed E-state index contributed by atoms with van der Waals surface area (Å²) in [5.74, 6) is 1.21. The van der Waals surface area contributed by atoms with Gasteiger partial charge in [-0.05, 0) is 31.0 Å². The number of thioether (sulfide) groups is 1. The molecule has 0 aliphatic rings. The van der Waals surface area contributed by atoms with Crippen LogP contribution in [0.2, 0.25) is 0 Å². The third kappa shape index (κ3) is 4.48. The van der Waals surface area contributed by atoms with Gasteiger partial charge in [0, 0.05) is 7.05 Å². The molecule has 7 heteroatoms. The van der Waals surface area contributed by atoms with Gasteiger partial charge in [-0.2, -0.15) is 0 Å². The zero-order valence-corrected chi connectivity index (χ0v) is 14.6. The number of carbonyl (C=O) groups excluding carboxylic acids is 1. The maximum Gasteiger partial charge on any atom is 0.318 e. The van der Waals surface area contributed by atoms with Crippen LogP contribution >= 0.6 is 11.8 Å². The molecule has 1 aromatic heterocycles. The molecule has 1 atom stereocenters. The van der Waals surface area contributed by atoms with Gasteiger partial charge in [0.1, 0.15) is 17.6 Å². The van der Waals surface area contributed by atoms with Crippen molar-refractivity contribution in [3.63, 3.8) is 0 Å². The fraction of sp³-hybridized carbons (Fsp3) is 0.438. The fourth-order valence-corrected chi connectivity index (χ4v) is 2.77. The largest absolute Gasteiger partial charge is 0.486 e. The highest BCUT2D eigenvalue weighted by atomic mass is 32.2. The molecular weight excluding hydrogens is 314 g/mol. The summed E-state index contributed by atoms with van der Waals surface area (Å²) in [7, 11) is 3.23. The minimum Gasteiger partial charge on any atom is -0.486 e. The molecule has 124 valence electrons. The van der Waals surface area contributed by atoms with E-state index in [1.807, 2.05) is 35.9 Å². The minimum absolute atomic E-state index is 0.285. The van der Waals surface area contributed by atoms with Crippen molar-refractivity contribution in [3.05, 3.63) is 35.7 Å². The third-order valence-corrected chi connectivity index (χ3v) is 4.55. The number of ether oxygens (including phenoxy) is 2. The van der Waals surface area contributed by atoms with Crippen molar-refractivity contribution in [3.8, 4) is 5.75 Å². The first kappa shape index (κ1) is 17.3. The predicted molar refractivity (Wildman–Crippen MR) is 88.5 cm³/mol. The number of carbonyl (C=O) groups is 1. The van der Waals surface area contributed by atoms with Crippen molar-refractivity contribution in [1.29, 1.82) is 0 Å². The minimum atomic E-state index is -0.335. The molecule has 0 radical (unpaired) electrons. The number of hydrogen-bond acceptors (Lipinski definition) is 6. The molecule has 23 heavy (non-hydrogen) atoms. The Morgan fingerprint density at radius 1 is 1.30 bits per heavy atom. The molecule has 6 nitrogen and oxygen atoms in total. The average molecular weight is 335 g/mol. The Hall–Kier alpha value is -2.02. The second-order valence-electron chi connectivity index (χ2n) is 5.03. The molecular formula is C16H21N3O3S. The Bertz CT molecular complexity index is 655. The average Bonchev–Trinajstić information content (AvgIpc) is 2.92. The molecule has 0 spiro atoms. The van der Waals surface area contributed by atoms with E-state index in [1.165, 1.54) is 24.4 Å². The second-order valence-corrected chi connectivity index (χ2v) is 6.34. The standard InChI is InChI=1S/C16H21N3O3S/c1-5-12-6-8-13(9-7-12)22-10-14-17-18-16(19(14)3)23-11(2)15(20)21-4/h6-9,11H,5,10H2,1-4H3/t11-/m1/s1. The lowest BCUT2D eigenvalue weighted by Gasteiger charge is -2.09. The monoisotopic (exact) mass is 335 g/mol. The van der Waals surface area contributed by atoms with Gasteiger partial charge in [0.15, 0.2) is 11.0 Å². The molecule has 0 saturated heterocycles. The molecule has 0 N–H and O–H groups in total. The zero-order valence-electron chi connectivity index (χ0n) is 13.8. The van der Waals surface area contributed by atoms with E-state index < -0.39 is 0 Å². The molecule has 0 amide bonds. The SMILES string of the molecule is CCc1ccc(OCc2nnc(S[C@H](C)C(=O)OC)n2C)cc1. The van der Waals surface area contributed by atoms with Crippen LogP contribution in [0.15, 0.2) is 29.4 Å². The van der Waals surface area contributed by atoms with Crippen LogP contribution in [-0.2, 0) is 29.6 Å². The van der Waals surface area contributed by atoms with Crippen LogP contribution in [0.5, 0.6) is 5.75 Å². The summed E-state index contributed by atoms with van der Waals surface area (Å²) in [5.41, 5.74) is 1.27. The van der Waals surface area contributed by atoms with Gasteiger partial charge in [-0.15, -0.1) is 10.2 Å². The first-order chi connectivity index (χ1) is 11.0. The summed E-state index contributed by atoms with van der Waals surface area (Å²) in [6, 6.07) is 7.99. The Morgan fingerprint density at radius 3 is 2.61 bits per heavy atom. The van der Waals surface area contributed by atoms with Crippen LogP contribution in [-0.4, -0.2) is 33.1 Å². The quantitative estimate of drug-likeness (QED) is 0.572. The van der Waals surface area contributed by atoms with E-state index in [4.69, 9.17) is 9.47 Å². The second kappa shape index (κ2) is 8.01. The Kier molecular flexibility index (Phi) is 6.04. The van der Waals surface area contributed by atoms with Gasteiger partial charge in [0.2, 0.25) is 0 Å². The number of benzene rings is 1. The van der Waals surface area contributed by atoms with Gasteiger partial charge in [-0.25, -0.2) is 0 Å². The summed E-state index contributed by atoms with van der Waals surface area (Å²) in [6.07, 6.45) is 1.00. The molecule has 0 fully saturated rings. The van der Waals surface area contributed by atoms with Gasteiger partial charge < -0.3 is 14.0 Å². The smallest absolute Gasteiger partial charge is 0.318 e. The number of nitrogens with zero attached hydrogens (tertiary/aromatic N) is 3. The molecule has 0 saturated carbocycles. The maximum atomic E-state index is 11.5. The van der Waals surface area contributed by atoms with Gasteiger partial charge in [0.25, 0.3) is 0 Å². The van der Waals surface area contributed by atoms with Crippen LogP contribution in [0, 0.1) is 0 Å². The van der Waals surface area contributed by atoms with Gasteiger partial charge in [-0.3, -0.25) is 4.79 Å². The van der Waals surface area contributed by atoms with E-state index in [1.54, 1.807) is 6.92 Å². The van der Waals surface area contributed by atoms with Crippen molar-refractivity contribution < 1.29 is 14.3 Å². The molecule has 0 aliphatic heterocycles. The summed E-state index contributed by atoms with van der Waals surface area (Å²) >= 11 is 1.31. The van der Waals surface area contributed by atoms with E-state index in [-0.39, 0.29) is 11.2 Å². The van der Waals surface area contributed by atoms with Gasteiger partial charge in [0.05, 0.1) is 7.11 Å². The highest BCUT2D eigenvalue weighted by Gasteiger charge is 2.19. The Labute approximate surface area is 140 Å². The number of hydrogen-bond donors (Lipinski definition) is 0. The summed E-state index contributed by atoms with van der Waals surface area (Å²) < 4.78 is 12.3. The number of methoxy groups -OCH3 is 1. The molecule has 1 aromatic carbocycles. The summed E-state index contributed by atoms with van der Waals surface area (Å²) in [4.78, 5) is 11.5. The lowest BCUT2D eigenvalue weighted by atomic mass is 10.2. The van der Waals surface area contributed by atoms with E-state index >= 15 is 0 Å². The van der Waals surface area contributed by atoms with Gasteiger partial charge in [-0.1, -0.05) is 30.8 Å². The lowest BCUT2D eigenvalue weighted by molar-refractivity contribution is -0.139. The summed E-state index contributed by atoms with van der Waals surface area (Å²) in [6.45, 7) is 4.21. The molecule has 2 aromatic rings. The van der Waals surface area contributed by atoms with E-state index in [0.717, 1.165) is 12.2 Å².